The highest BCUT2D eigenvalue weighted by atomic mass is 32.2. The van der Waals surface area contributed by atoms with Gasteiger partial charge in [0.25, 0.3) is 0 Å². The van der Waals surface area contributed by atoms with Gasteiger partial charge >= 0.3 is 6.18 Å². The van der Waals surface area contributed by atoms with Crippen molar-refractivity contribution in [1.82, 2.24) is 5.16 Å². The Morgan fingerprint density at radius 1 is 1.06 bits per heavy atom. The van der Waals surface area contributed by atoms with Gasteiger partial charge in [0.2, 0.25) is 11.8 Å². The van der Waals surface area contributed by atoms with E-state index >= 15 is 0 Å². The molecule has 1 heterocycles. The van der Waals surface area contributed by atoms with E-state index in [0.717, 1.165) is 13.8 Å². The number of nitrogens with zero attached hydrogens (tertiary/aromatic N) is 1. The third-order valence-electron chi connectivity index (χ3n) is 7.03. The zero-order valence-corrected chi connectivity index (χ0v) is 25.0. The van der Waals surface area contributed by atoms with Crippen LogP contribution in [0.5, 0.6) is 0 Å². The summed E-state index contributed by atoms with van der Waals surface area (Å²) in [5.41, 5.74) is 1.19. The van der Waals surface area contributed by atoms with Gasteiger partial charge in [-0.2, -0.15) is 13.2 Å². The molecule has 0 saturated carbocycles. The Balaban J connectivity index is 2.98. The molecule has 210 valence electrons. The van der Waals surface area contributed by atoms with E-state index in [1.807, 2.05) is 13.8 Å². The van der Waals surface area contributed by atoms with Gasteiger partial charge in [-0.05, 0) is 36.9 Å². The minimum Gasteiger partial charge on any atom is -0.415 e. The van der Waals surface area contributed by atoms with Crippen LogP contribution >= 0.6 is 0 Å². The smallest absolute Gasteiger partial charge is 0.389 e. The number of carbonyl (C=O) groups excluding carboxylic acids is 1. The Morgan fingerprint density at radius 2 is 1.56 bits per heavy atom. The van der Waals surface area contributed by atoms with E-state index in [2.05, 4.69) is 52.0 Å². The third kappa shape index (κ3) is 7.56. The SMILES string of the molecule is CC(C)[Si](OCC(C)(C)c1cc(NC(=O)C(C)(C)S(=O)(=O)CCCC(F)(F)F)on1)(C(C)C)C(C)C. The lowest BCUT2D eigenvalue weighted by molar-refractivity contribution is -0.134. The summed E-state index contributed by atoms with van der Waals surface area (Å²) in [7, 11) is -6.29. The van der Waals surface area contributed by atoms with Crippen molar-refractivity contribution in [3.05, 3.63) is 11.8 Å². The number of nitrogens with one attached hydrogen (secondary N) is 1. The molecule has 7 nitrogen and oxygen atoms in total. The van der Waals surface area contributed by atoms with Crippen molar-refractivity contribution in [3.63, 3.8) is 0 Å². The Kier molecular flexibility index (Phi) is 10.5. The monoisotopic (exact) mass is 556 g/mol. The molecule has 0 saturated heterocycles. The second-order valence-electron chi connectivity index (χ2n) is 11.6. The summed E-state index contributed by atoms with van der Waals surface area (Å²) < 4.78 is 72.4. The van der Waals surface area contributed by atoms with Crippen molar-refractivity contribution in [2.45, 2.75) is 115 Å². The van der Waals surface area contributed by atoms with Crippen LogP contribution in [-0.4, -0.2) is 51.1 Å². The lowest BCUT2D eigenvalue weighted by atomic mass is 9.91. The minimum atomic E-state index is -4.46. The molecule has 0 radical (unpaired) electrons. The summed E-state index contributed by atoms with van der Waals surface area (Å²) in [5.74, 6) is -1.70. The molecular formula is C24H43F3N2O5SSi. The second-order valence-corrected chi connectivity index (χ2v) is 19.7. The number of amides is 1. The molecule has 0 unspecified atom stereocenters. The van der Waals surface area contributed by atoms with Crippen molar-refractivity contribution in [1.29, 1.82) is 0 Å². The Hall–Kier alpha value is -1.40. The van der Waals surface area contributed by atoms with Crippen LogP contribution in [0.3, 0.4) is 0 Å². The summed E-state index contributed by atoms with van der Waals surface area (Å²) in [6.45, 7) is 19.8. The van der Waals surface area contributed by atoms with Gasteiger partial charge < -0.3 is 8.95 Å². The average Bonchev–Trinajstić information content (AvgIpc) is 3.15. The zero-order valence-electron chi connectivity index (χ0n) is 23.2. The maximum Gasteiger partial charge on any atom is 0.389 e. The number of aromatic nitrogens is 1. The maximum atomic E-state index is 12.8. The fraction of sp³-hybridized carbons (Fsp3) is 0.833. The normalized spacial score (nSPS) is 14.2. The van der Waals surface area contributed by atoms with E-state index < -0.39 is 59.0 Å². The molecule has 0 spiro atoms. The Labute approximate surface area is 215 Å². The van der Waals surface area contributed by atoms with Crippen LogP contribution in [0.2, 0.25) is 16.6 Å². The molecular weight excluding hydrogens is 513 g/mol. The molecule has 1 aromatic rings. The van der Waals surface area contributed by atoms with Gasteiger partial charge in [-0.1, -0.05) is 60.5 Å². The highest BCUT2D eigenvalue weighted by Crippen LogP contribution is 2.43. The quantitative estimate of drug-likeness (QED) is 0.274. The first-order valence-electron chi connectivity index (χ1n) is 12.3. The topological polar surface area (TPSA) is 98.5 Å². The minimum absolute atomic E-state index is 0.0401. The fourth-order valence-corrected chi connectivity index (χ4v) is 11.6. The largest absolute Gasteiger partial charge is 0.415 e. The van der Waals surface area contributed by atoms with Gasteiger partial charge in [0.05, 0.1) is 11.4 Å². The lowest BCUT2D eigenvalue weighted by Gasteiger charge is -2.43. The van der Waals surface area contributed by atoms with Gasteiger partial charge in [-0.25, -0.2) is 8.42 Å². The first-order valence-corrected chi connectivity index (χ1v) is 16.1. The van der Waals surface area contributed by atoms with E-state index in [9.17, 15) is 26.4 Å². The summed E-state index contributed by atoms with van der Waals surface area (Å²) in [4.78, 5) is 12.8. The molecule has 36 heavy (non-hydrogen) atoms. The predicted molar refractivity (Wildman–Crippen MR) is 138 cm³/mol. The average molecular weight is 557 g/mol. The summed E-state index contributed by atoms with van der Waals surface area (Å²) in [6, 6.07) is 1.52. The Bertz CT molecular complexity index is 964. The van der Waals surface area contributed by atoms with Crippen LogP contribution in [0.15, 0.2) is 10.6 Å². The second kappa shape index (κ2) is 11.5. The molecule has 0 aliphatic rings. The zero-order chi connectivity index (χ0) is 28.3. The molecule has 0 aromatic carbocycles. The third-order valence-corrected chi connectivity index (χ3v) is 15.7. The van der Waals surface area contributed by atoms with Crippen LogP contribution in [0.4, 0.5) is 19.1 Å². The predicted octanol–water partition coefficient (Wildman–Crippen LogP) is 6.62. The highest BCUT2D eigenvalue weighted by Gasteiger charge is 2.46. The van der Waals surface area contributed by atoms with Crippen LogP contribution < -0.4 is 5.32 Å². The lowest BCUT2D eigenvalue weighted by Crippen LogP contribution is -2.49. The number of carbonyl (C=O) groups is 1. The number of hydrogen-bond acceptors (Lipinski definition) is 6. The van der Waals surface area contributed by atoms with Crippen molar-refractivity contribution in [3.8, 4) is 0 Å². The molecule has 1 rings (SSSR count). The molecule has 1 aromatic heterocycles. The Morgan fingerprint density at radius 3 is 2.00 bits per heavy atom. The maximum absolute atomic E-state index is 12.8. The van der Waals surface area contributed by atoms with Crippen molar-refractivity contribution >= 4 is 29.9 Å². The van der Waals surface area contributed by atoms with Crippen LogP contribution in [0, 0.1) is 0 Å². The molecule has 0 fully saturated rings. The summed E-state index contributed by atoms with van der Waals surface area (Å²) in [6.07, 6.45) is -6.31. The standard InChI is InChI=1S/C24H43F3N2O5SSi/c1-16(2)36(17(3)4,18(5)6)33-15-22(7,8)19-14-20(34-29-19)28-21(30)23(9,10)35(31,32)13-11-12-24(25,26)27/h14,16-18H,11-13,15H2,1-10H3,(H,28,30). The molecule has 0 atom stereocenters. The van der Waals surface area contributed by atoms with E-state index in [0.29, 0.717) is 28.9 Å². The number of sulfone groups is 1. The van der Waals surface area contributed by atoms with E-state index in [4.69, 9.17) is 8.95 Å². The fourth-order valence-electron chi connectivity index (χ4n) is 4.65. The van der Waals surface area contributed by atoms with Crippen molar-refractivity contribution < 1.29 is 35.3 Å². The molecule has 0 aliphatic carbocycles. The van der Waals surface area contributed by atoms with Gasteiger partial charge in [-0.15, -0.1) is 0 Å². The van der Waals surface area contributed by atoms with E-state index in [1.54, 1.807) is 0 Å². The number of anilines is 1. The molecule has 0 bridgehead atoms. The van der Waals surface area contributed by atoms with E-state index in [-0.39, 0.29) is 5.88 Å². The van der Waals surface area contributed by atoms with Gasteiger partial charge in [-0.3, -0.25) is 10.1 Å². The van der Waals surface area contributed by atoms with Gasteiger partial charge in [0.1, 0.15) is 4.75 Å². The first-order chi connectivity index (χ1) is 16.1. The van der Waals surface area contributed by atoms with Crippen LogP contribution in [-0.2, 0) is 24.5 Å². The van der Waals surface area contributed by atoms with Gasteiger partial charge in [0, 0.05) is 24.5 Å². The number of rotatable bonds is 13. The van der Waals surface area contributed by atoms with E-state index in [1.165, 1.54) is 6.07 Å². The molecule has 1 amide bonds. The van der Waals surface area contributed by atoms with Crippen LogP contribution in [0.1, 0.15) is 87.8 Å². The number of alkyl halides is 3. The van der Waals surface area contributed by atoms with Gasteiger partial charge in [0.15, 0.2) is 18.2 Å². The molecule has 0 aliphatic heterocycles. The molecule has 12 heteroatoms. The molecule has 1 N–H and O–H groups in total. The first kappa shape index (κ1) is 32.6. The summed E-state index contributed by atoms with van der Waals surface area (Å²) in [5, 5.41) is 6.48. The van der Waals surface area contributed by atoms with Crippen LogP contribution in [0.25, 0.3) is 0 Å². The summed E-state index contributed by atoms with van der Waals surface area (Å²) >= 11 is 0. The van der Waals surface area contributed by atoms with Crippen molar-refractivity contribution in [2.75, 3.05) is 17.7 Å². The highest BCUT2D eigenvalue weighted by molar-refractivity contribution is 7.93. The van der Waals surface area contributed by atoms with Crippen molar-refractivity contribution in [2.24, 2.45) is 0 Å². The number of halogens is 3. The number of hydrogen-bond donors (Lipinski definition) is 1.